The van der Waals surface area contributed by atoms with Crippen molar-refractivity contribution in [3.8, 4) is 5.75 Å². The number of nitrogens with zero attached hydrogens (tertiary/aromatic N) is 1. The number of methoxy groups -OCH3 is 1. The summed E-state index contributed by atoms with van der Waals surface area (Å²) in [4.78, 5) is 0.337. The molecule has 0 amide bonds. The number of sulfonamides is 1. The van der Waals surface area contributed by atoms with E-state index in [1.807, 2.05) is 37.3 Å². The van der Waals surface area contributed by atoms with E-state index in [9.17, 15) is 8.42 Å². The SMILES string of the molecule is COc1ccccc1C1CNCCN1S(=O)(=O)c1cccc(C)c1.Cl. The zero-order valence-electron chi connectivity index (χ0n) is 14.3. The second-order valence-electron chi connectivity index (χ2n) is 5.89. The maximum Gasteiger partial charge on any atom is 0.243 e. The van der Waals surface area contributed by atoms with Crippen LogP contribution in [0.4, 0.5) is 0 Å². The number of hydrogen-bond donors (Lipinski definition) is 1. The highest BCUT2D eigenvalue weighted by Gasteiger charge is 2.35. The van der Waals surface area contributed by atoms with Crippen molar-refractivity contribution in [2.45, 2.75) is 17.9 Å². The monoisotopic (exact) mass is 382 g/mol. The number of para-hydroxylation sites is 1. The molecule has 1 fully saturated rings. The molecule has 2 aromatic carbocycles. The van der Waals surface area contributed by atoms with Gasteiger partial charge in [0.15, 0.2) is 0 Å². The maximum atomic E-state index is 13.2. The Hall–Kier alpha value is -1.60. The highest BCUT2D eigenvalue weighted by Crippen LogP contribution is 2.33. The average molecular weight is 383 g/mol. The fraction of sp³-hybridized carbons (Fsp3) is 0.333. The molecule has 0 aromatic heterocycles. The molecular formula is C18H23ClN2O3S. The van der Waals surface area contributed by atoms with Gasteiger partial charge >= 0.3 is 0 Å². The number of halogens is 1. The van der Waals surface area contributed by atoms with Crippen LogP contribution >= 0.6 is 12.4 Å². The van der Waals surface area contributed by atoms with Crippen molar-refractivity contribution < 1.29 is 13.2 Å². The molecule has 0 spiro atoms. The van der Waals surface area contributed by atoms with E-state index < -0.39 is 10.0 Å². The summed E-state index contributed by atoms with van der Waals surface area (Å²) < 4.78 is 33.4. The Bertz CT molecular complexity index is 827. The lowest BCUT2D eigenvalue weighted by Gasteiger charge is -2.36. The Morgan fingerprint density at radius 3 is 2.64 bits per heavy atom. The zero-order valence-corrected chi connectivity index (χ0v) is 15.9. The summed E-state index contributed by atoms with van der Waals surface area (Å²) in [6, 6.07) is 14.3. The van der Waals surface area contributed by atoms with Crippen molar-refractivity contribution in [3.63, 3.8) is 0 Å². The summed E-state index contributed by atoms with van der Waals surface area (Å²) in [6.07, 6.45) is 0. The summed E-state index contributed by atoms with van der Waals surface area (Å²) in [7, 11) is -1.96. The van der Waals surface area contributed by atoms with Crippen molar-refractivity contribution in [1.29, 1.82) is 0 Å². The van der Waals surface area contributed by atoms with Gasteiger partial charge < -0.3 is 10.1 Å². The number of benzene rings is 2. The Kier molecular flexibility index (Phi) is 6.46. The third-order valence-electron chi connectivity index (χ3n) is 4.29. The van der Waals surface area contributed by atoms with Crippen LogP contribution in [-0.2, 0) is 10.0 Å². The van der Waals surface area contributed by atoms with Gasteiger partial charge in [0, 0.05) is 25.2 Å². The summed E-state index contributed by atoms with van der Waals surface area (Å²) in [6.45, 7) is 3.52. The van der Waals surface area contributed by atoms with E-state index >= 15 is 0 Å². The molecule has 1 unspecified atom stereocenters. The van der Waals surface area contributed by atoms with Gasteiger partial charge in [-0.3, -0.25) is 0 Å². The minimum Gasteiger partial charge on any atom is -0.496 e. The number of hydrogen-bond acceptors (Lipinski definition) is 4. The largest absolute Gasteiger partial charge is 0.496 e. The molecular weight excluding hydrogens is 360 g/mol. The predicted molar refractivity (Wildman–Crippen MR) is 101 cm³/mol. The molecule has 1 saturated heterocycles. The molecule has 2 aromatic rings. The van der Waals surface area contributed by atoms with Gasteiger partial charge in [0.2, 0.25) is 10.0 Å². The minimum atomic E-state index is -3.57. The third-order valence-corrected chi connectivity index (χ3v) is 6.19. The van der Waals surface area contributed by atoms with Gasteiger partial charge in [-0.25, -0.2) is 8.42 Å². The Morgan fingerprint density at radius 1 is 1.16 bits per heavy atom. The first-order chi connectivity index (χ1) is 11.5. The lowest BCUT2D eigenvalue weighted by Crippen LogP contribution is -2.48. The molecule has 1 atom stereocenters. The Balaban J connectivity index is 0.00000225. The first kappa shape index (κ1) is 19.7. The topological polar surface area (TPSA) is 58.6 Å². The van der Waals surface area contributed by atoms with Gasteiger partial charge in [0.25, 0.3) is 0 Å². The molecule has 1 heterocycles. The molecule has 1 N–H and O–H groups in total. The lowest BCUT2D eigenvalue weighted by molar-refractivity contribution is 0.264. The quantitative estimate of drug-likeness (QED) is 0.883. The Labute approximate surface area is 155 Å². The van der Waals surface area contributed by atoms with Crippen LogP contribution in [-0.4, -0.2) is 39.5 Å². The van der Waals surface area contributed by atoms with E-state index in [2.05, 4.69) is 5.32 Å². The third kappa shape index (κ3) is 3.98. The van der Waals surface area contributed by atoms with Crippen molar-refractivity contribution in [1.82, 2.24) is 9.62 Å². The summed E-state index contributed by atoms with van der Waals surface area (Å²) in [5, 5.41) is 3.29. The van der Waals surface area contributed by atoms with Gasteiger partial charge in [-0.15, -0.1) is 12.4 Å². The summed E-state index contributed by atoms with van der Waals surface area (Å²) in [5.41, 5.74) is 1.81. The minimum absolute atomic E-state index is 0. The van der Waals surface area contributed by atoms with E-state index in [0.717, 1.165) is 11.1 Å². The normalized spacial score (nSPS) is 18.4. The fourth-order valence-electron chi connectivity index (χ4n) is 3.09. The van der Waals surface area contributed by atoms with Crippen LogP contribution in [0.2, 0.25) is 0 Å². The zero-order chi connectivity index (χ0) is 17.2. The average Bonchev–Trinajstić information content (AvgIpc) is 2.61. The van der Waals surface area contributed by atoms with Crippen LogP contribution < -0.4 is 10.1 Å². The van der Waals surface area contributed by atoms with Gasteiger partial charge in [0.1, 0.15) is 5.75 Å². The molecule has 25 heavy (non-hydrogen) atoms. The molecule has 5 nitrogen and oxygen atoms in total. The van der Waals surface area contributed by atoms with E-state index in [0.29, 0.717) is 30.3 Å². The van der Waals surface area contributed by atoms with Crippen molar-refractivity contribution >= 4 is 22.4 Å². The van der Waals surface area contributed by atoms with E-state index in [1.165, 1.54) is 0 Å². The van der Waals surface area contributed by atoms with Crippen LogP contribution in [0.25, 0.3) is 0 Å². The van der Waals surface area contributed by atoms with Crippen LogP contribution in [0.5, 0.6) is 5.75 Å². The number of piperazine rings is 1. The van der Waals surface area contributed by atoms with Crippen LogP contribution in [0.3, 0.4) is 0 Å². The first-order valence-electron chi connectivity index (χ1n) is 7.96. The van der Waals surface area contributed by atoms with Crippen molar-refractivity contribution in [2.75, 3.05) is 26.7 Å². The second kappa shape index (κ2) is 8.19. The molecule has 3 rings (SSSR count). The van der Waals surface area contributed by atoms with Gasteiger partial charge in [-0.05, 0) is 30.7 Å². The van der Waals surface area contributed by atoms with E-state index in [-0.39, 0.29) is 18.4 Å². The molecule has 1 aliphatic rings. The van der Waals surface area contributed by atoms with Crippen LogP contribution in [0, 0.1) is 6.92 Å². The Morgan fingerprint density at radius 2 is 1.92 bits per heavy atom. The van der Waals surface area contributed by atoms with Gasteiger partial charge in [-0.1, -0.05) is 30.3 Å². The molecule has 0 aliphatic carbocycles. The van der Waals surface area contributed by atoms with Crippen LogP contribution in [0.15, 0.2) is 53.4 Å². The van der Waals surface area contributed by atoms with Gasteiger partial charge in [0.05, 0.1) is 18.0 Å². The number of aryl methyl sites for hydroxylation is 1. The number of rotatable bonds is 4. The smallest absolute Gasteiger partial charge is 0.243 e. The first-order valence-corrected chi connectivity index (χ1v) is 9.40. The van der Waals surface area contributed by atoms with E-state index in [4.69, 9.17) is 4.74 Å². The standard InChI is InChI=1S/C18H22N2O3S.ClH/c1-14-6-5-7-15(12-14)24(21,22)20-11-10-19-13-17(20)16-8-3-4-9-18(16)23-2;/h3-9,12,17,19H,10-11,13H2,1-2H3;1H. The molecule has 136 valence electrons. The number of ether oxygens (including phenoxy) is 1. The number of nitrogens with one attached hydrogen (secondary N) is 1. The molecule has 1 aliphatic heterocycles. The van der Waals surface area contributed by atoms with Gasteiger partial charge in [-0.2, -0.15) is 4.31 Å². The van der Waals surface area contributed by atoms with Crippen LogP contribution in [0.1, 0.15) is 17.2 Å². The van der Waals surface area contributed by atoms with Crippen molar-refractivity contribution in [2.24, 2.45) is 0 Å². The summed E-state index contributed by atoms with van der Waals surface area (Å²) >= 11 is 0. The molecule has 0 radical (unpaired) electrons. The van der Waals surface area contributed by atoms with Crippen molar-refractivity contribution in [3.05, 3.63) is 59.7 Å². The predicted octanol–water partition coefficient (Wildman–Crippen LogP) is 2.76. The maximum absolute atomic E-state index is 13.2. The van der Waals surface area contributed by atoms with E-state index in [1.54, 1.807) is 29.6 Å². The molecule has 0 bridgehead atoms. The lowest BCUT2D eigenvalue weighted by atomic mass is 10.0. The fourth-order valence-corrected chi connectivity index (χ4v) is 4.80. The molecule has 7 heteroatoms. The highest BCUT2D eigenvalue weighted by molar-refractivity contribution is 7.89. The second-order valence-corrected chi connectivity index (χ2v) is 7.78. The summed E-state index contributed by atoms with van der Waals surface area (Å²) in [5.74, 6) is 0.704. The highest BCUT2D eigenvalue weighted by atomic mass is 35.5. The molecule has 0 saturated carbocycles.